The van der Waals surface area contributed by atoms with Gasteiger partial charge in [0.2, 0.25) is 17.8 Å². The molecule has 11 nitrogen and oxygen atoms in total. The fraction of sp³-hybridized carbons (Fsp3) is 0.0526. The SMILES string of the molecule is Nc1nc(Nc2cc(-n3ccnn3)cc(C(F)(F)F)c2)nc(Nc2ccn3ccnc3c2)n1. The number of halogens is 3. The normalized spacial score (nSPS) is 11.6. The summed E-state index contributed by atoms with van der Waals surface area (Å²) in [5.41, 5.74) is 6.46. The Morgan fingerprint density at radius 1 is 0.848 bits per heavy atom. The quantitative estimate of drug-likeness (QED) is 0.366. The second-order valence-electron chi connectivity index (χ2n) is 6.81. The maximum atomic E-state index is 13.4. The van der Waals surface area contributed by atoms with Crippen LogP contribution in [0.3, 0.4) is 0 Å². The van der Waals surface area contributed by atoms with Gasteiger partial charge in [-0.15, -0.1) is 5.10 Å². The molecule has 5 rings (SSSR count). The first-order valence-electron chi connectivity index (χ1n) is 9.41. The van der Waals surface area contributed by atoms with Gasteiger partial charge in [-0.2, -0.15) is 28.1 Å². The molecule has 0 saturated heterocycles. The van der Waals surface area contributed by atoms with E-state index in [0.29, 0.717) is 11.3 Å². The van der Waals surface area contributed by atoms with Crippen LogP contribution in [0.4, 0.5) is 42.4 Å². The molecule has 5 aromatic rings. The summed E-state index contributed by atoms with van der Waals surface area (Å²) in [6.45, 7) is 0. The Hall–Kier alpha value is -4.75. The van der Waals surface area contributed by atoms with Crippen LogP contribution in [-0.4, -0.2) is 39.3 Å². The summed E-state index contributed by atoms with van der Waals surface area (Å²) in [5, 5.41) is 13.1. The molecule has 0 atom stereocenters. The lowest BCUT2D eigenvalue weighted by Gasteiger charge is -2.13. The maximum Gasteiger partial charge on any atom is 0.416 e. The molecule has 4 heterocycles. The minimum atomic E-state index is -4.58. The summed E-state index contributed by atoms with van der Waals surface area (Å²) in [7, 11) is 0. The number of aromatic nitrogens is 8. The van der Waals surface area contributed by atoms with Crippen molar-refractivity contribution in [2.24, 2.45) is 0 Å². The van der Waals surface area contributed by atoms with E-state index >= 15 is 0 Å². The van der Waals surface area contributed by atoms with Crippen LogP contribution in [0.15, 0.2) is 61.3 Å². The standard InChI is InChI=1S/C19H14F3N11/c20-19(21,22)11-7-13(9-14(8-11)33-6-3-25-31-33)27-18-29-16(23)28-17(30-18)26-12-1-4-32-5-2-24-15(32)10-12/h1-10H,(H4,23,26,27,28,29,30). The Morgan fingerprint density at radius 2 is 1.64 bits per heavy atom. The molecule has 0 saturated carbocycles. The molecule has 0 aliphatic heterocycles. The Kier molecular flexibility index (Phi) is 4.73. The van der Waals surface area contributed by atoms with Gasteiger partial charge in [0.1, 0.15) is 5.65 Å². The highest BCUT2D eigenvalue weighted by molar-refractivity contribution is 5.63. The molecule has 33 heavy (non-hydrogen) atoms. The Bertz CT molecular complexity index is 1430. The molecule has 0 amide bonds. The van der Waals surface area contributed by atoms with Gasteiger partial charge in [0.25, 0.3) is 0 Å². The molecule has 0 fully saturated rings. The number of nitrogen functional groups attached to an aromatic ring is 1. The first kappa shape index (κ1) is 20.2. The smallest absolute Gasteiger partial charge is 0.368 e. The third kappa shape index (κ3) is 4.34. The number of alkyl halides is 3. The van der Waals surface area contributed by atoms with Crippen LogP contribution in [0.1, 0.15) is 5.56 Å². The van der Waals surface area contributed by atoms with Gasteiger partial charge in [-0.25, -0.2) is 9.67 Å². The number of nitrogens with two attached hydrogens (primary N) is 1. The van der Waals surface area contributed by atoms with E-state index in [9.17, 15) is 13.2 Å². The fourth-order valence-corrected chi connectivity index (χ4v) is 3.08. The Balaban J connectivity index is 1.46. The average molecular weight is 453 g/mol. The highest BCUT2D eigenvalue weighted by Crippen LogP contribution is 2.33. The predicted molar refractivity (Wildman–Crippen MR) is 112 cm³/mol. The van der Waals surface area contributed by atoms with Gasteiger partial charge >= 0.3 is 6.18 Å². The zero-order chi connectivity index (χ0) is 23.0. The summed E-state index contributed by atoms with van der Waals surface area (Å²) < 4.78 is 43.3. The lowest BCUT2D eigenvalue weighted by atomic mass is 10.1. The lowest BCUT2D eigenvalue weighted by Crippen LogP contribution is -2.10. The minimum absolute atomic E-state index is 0.0456. The summed E-state index contributed by atoms with van der Waals surface area (Å²) >= 11 is 0. The molecule has 0 unspecified atom stereocenters. The predicted octanol–water partition coefficient (Wildman–Crippen LogP) is 3.19. The number of hydrogen-bond donors (Lipinski definition) is 3. The van der Waals surface area contributed by atoms with Crippen LogP contribution in [-0.2, 0) is 6.18 Å². The van der Waals surface area contributed by atoms with Crippen molar-refractivity contribution < 1.29 is 13.2 Å². The second-order valence-corrected chi connectivity index (χ2v) is 6.81. The van der Waals surface area contributed by atoms with Crippen molar-refractivity contribution >= 4 is 34.9 Å². The highest BCUT2D eigenvalue weighted by atomic mass is 19.4. The van der Waals surface area contributed by atoms with Crippen LogP contribution in [0, 0.1) is 0 Å². The molecule has 166 valence electrons. The van der Waals surface area contributed by atoms with Gasteiger partial charge in [-0.05, 0) is 24.3 Å². The van der Waals surface area contributed by atoms with Crippen molar-refractivity contribution in [1.82, 2.24) is 39.3 Å². The molecule has 4 aromatic heterocycles. The van der Waals surface area contributed by atoms with Crippen molar-refractivity contribution in [3.8, 4) is 5.69 Å². The maximum absolute atomic E-state index is 13.4. The van der Waals surface area contributed by atoms with Crippen LogP contribution in [0.25, 0.3) is 11.3 Å². The number of imidazole rings is 1. The van der Waals surface area contributed by atoms with Crippen LogP contribution >= 0.6 is 0 Å². The summed E-state index contributed by atoms with van der Waals surface area (Å²) in [4.78, 5) is 16.4. The fourth-order valence-electron chi connectivity index (χ4n) is 3.08. The van der Waals surface area contributed by atoms with Crippen molar-refractivity contribution in [1.29, 1.82) is 0 Å². The molecule has 0 radical (unpaired) electrons. The van der Waals surface area contributed by atoms with E-state index in [1.807, 2.05) is 4.40 Å². The molecule has 0 bridgehead atoms. The van der Waals surface area contributed by atoms with Crippen LogP contribution < -0.4 is 16.4 Å². The van der Waals surface area contributed by atoms with E-state index in [-0.39, 0.29) is 29.2 Å². The molecular weight excluding hydrogens is 439 g/mol. The monoisotopic (exact) mass is 453 g/mol. The number of fused-ring (bicyclic) bond motifs is 1. The molecule has 14 heteroatoms. The second kappa shape index (κ2) is 7.74. The van der Waals surface area contributed by atoms with Gasteiger partial charge in [-0.3, -0.25) is 0 Å². The van der Waals surface area contributed by atoms with Gasteiger partial charge < -0.3 is 20.8 Å². The number of nitrogens with zero attached hydrogens (tertiary/aromatic N) is 8. The van der Waals surface area contributed by atoms with Crippen molar-refractivity contribution in [2.45, 2.75) is 6.18 Å². The first-order chi connectivity index (χ1) is 15.8. The molecule has 0 aliphatic carbocycles. The highest BCUT2D eigenvalue weighted by Gasteiger charge is 2.31. The third-order valence-corrected chi connectivity index (χ3v) is 4.50. The summed E-state index contributed by atoms with van der Waals surface area (Å²) in [5.74, 6) is -0.0690. The summed E-state index contributed by atoms with van der Waals surface area (Å²) in [6, 6.07) is 6.88. The van der Waals surface area contributed by atoms with Crippen molar-refractivity contribution in [3.63, 3.8) is 0 Å². The topological polar surface area (TPSA) is 137 Å². The lowest BCUT2D eigenvalue weighted by molar-refractivity contribution is -0.137. The number of rotatable bonds is 5. The number of nitrogens with one attached hydrogen (secondary N) is 2. The molecule has 1 aromatic carbocycles. The van der Waals surface area contributed by atoms with E-state index < -0.39 is 11.7 Å². The van der Waals surface area contributed by atoms with E-state index in [1.54, 1.807) is 30.7 Å². The zero-order valence-corrected chi connectivity index (χ0v) is 16.6. The van der Waals surface area contributed by atoms with Gasteiger partial charge in [-0.1, -0.05) is 5.21 Å². The zero-order valence-electron chi connectivity index (χ0n) is 16.6. The van der Waals surface area contributed by atoms with Crippen LogP contribution in [0.2, 0.25) is 0 Å². The average Bonchev–Trinajstić information content (AvgIpc) is 3.44. The first-order valence-corrected chi connectivity index (χ1v) is 9.41. The van der Waals surface area contributed by atoms with E-state index in [4.69, 9.17) is 5.73 Å². The molecular formula is C19H14F3N11. The molecule has 0 aliphatic rings. The van der Waals surface area contributed by atoms with E-state index in [0.717, 1.165) is 12.1 Å². The Labute approximate surface area is 183 Å². The number of hydrogen-bond acceptors (Lipinski definition) is 9. The minimum Gasteiger partial charge on any atom is -0.368 e. The van der Waals surface area contributed by atoms with Gasteiger partial charge in [0.15, 0.2) is 0 Å². The molecule has 4 N–H and O–H groups in total. The Morgan fingerprint density at radius 3 is 2.36 bits per heavy atom. The van der Waals surface area contributed by atoms with E-state index in [1.165, 1.54) is 23.1 Å². The summed E-state index contributed by atoms with van der Waals surface area (Å²) in [6.07, 6.45) is 3.46. The van der Waals surface area contributed by atoms with Crippen molar-refractivity contribution in [3.05, 3.63) is 66.9 Å². The van der Waals surface area contributed by atoms with Gasteiger partial charge in [0, 0.05) is 36.0 Å². The molecule has 0 spiro atoms. The van der Waals surface area contributed by atoms with Crippen molar-refractivity contribution in [2.75, 3.05) is 16.4 Å². The van der Waals surface area contributed by atoms with E-state index in [2.05, 4.69) is 40.9 Å². The van der Waals surface area contributed by atoms with Crippen LogP contribution in [0.5, 0.6) is 0 Å². The number of pyridine rings is 1. The largest absolute Gasteiger partial charge is 0.416 e. The third-order valence-electron chi connectivity index (χ3n) is 4.50. The number of anilines is 5. The number of benzene rings is 1. The van der Waals surface area contributed by atoms with Gasteiger partial charge in [0.05, 0.1) is 23.6 Å².